The van der Waals surface area contributed by atoms with Crippen LogP contribution in [0.2, 0.25) is 18.6 Å². The second kappa shape index (κ2) is 7.63. The van der Waals surface area contributed by atoms with Crippen LogP contribution in [0, 0.1) is 6.92 Å². The molecule has 2 aromatic rings. The number of hydrogen-bond donors (Lipinski definition) is 0. The summed E-state index contributed by atoms with van der Waals surface area (Å²) in [5.74, 6) is 0. The van der Waals surface area contributed by atoms with Crippen LogP contribution in [-0.4, -0.2) is 23.1 Å². The van der Waals surface area contributed by atoms with Gasteiger partial charge in [0.05, 0.1) is 19.6 Å². The highest BCUT2D eigenvalue weighted by molar-refractivity contribution is 7.86. The monoisotopic (exact) mass is 362 g/mol. The Hall–Kier alpha value is -1.43. The average Bonchev–Trinajstić information content (AvgIpc) is 2.55. The third kappa shape index (κ3) is 4.56. The van der Waals surface area contributed by atoms with Crippen LogP contribution >= 0.6 is 0 Å². The molecule has 0 aromatic heterocycles. The molecule has 0 aliphatic heterocycles. The van der Waals surface area contributed by atoms with Crippen LogP contribution in [-0.2, 0) is 14.3 Å². The van der Waals surface area contributed by atoms with E-state index in [0.29, 0.717) is 5.54 Å². The van der Waals surface area contributed by atoms with Gasteiger partial charge in [-0.15, -0.1) is 0 Å². The van der Waals surface area contributed by atoms with Gasteiger partial charge >= 0.3 is 0 Å². The fourth-order valence-corrected chi connectivity index (χ4v) is 6.00. The smallest absolute Gasteiger partial charge is 0.266 e. The molecule has 0 aliphatic rings. The van der Waals surface area contributed by atoms with Gasteiger partial charge in [0, 0.05) is 0 Å². The highest BCUT2D eigenvalue weighted by atomic mass is 32.2. The summed E-state index contributed by atoms with van der Waals surface area (Å²) in [6.07, 6.45) is 0.735. The van der Waals surface area contributed by atoms with E-state index in [4.69, 9.17) is 4.18 Å². The summed E-state index contributed by atoms with van der Waals surface area (Å²) in [5.41, 5.74) is 1.45. The zero-order valence-corrected chi connectivity index (χ0v) is 16.6. The van der Waals surface area contributed by atoms with Crippen LogP contribution in [0.25, 0.3) is 0 Å². The van der Waals surface area contributed by atoms with Crippen LogP contribution in [0.5, 0.6) is 0 Å². The molecule has 1 unspecified atom stereocenters. The minimum atomic E-state index is -3.67. The van der Waals surface area contributed by atoms with E-state index < -0.39 is 18.2 Å². The van der Waals surface area contributed by atoms with Crippen molar-refractivity contribution in [1.29, 1.82) is 0 Å². The summed E-state index contributed by atoms with van der Waals surface area (Å²) >= 11 is 0. The Kier molecular flexibility index (Phi) is 6.01. The Morgan fingerprint density at radius 2 is 1.58 bits per heavy atom. The maximum Gasteiger partial charge on any atom is 0.296 e. The minimum absolute atomic E-state index is 0.223. The fraction of sp³-hybridized carbons (Fsp3) is 0.368. The number of hydrogen-bond acceptors (Lipinski definition) is 3. The molecule has 130 valence electrons. The summed E-state index contributed by atoms with van der Waals surface area (Å²) in [6.45, 7) is 8.99. The lowest BCUT2D eigenvalue weighted by molar-refractivity contribution is 0.310. The van der Waals surface area contributed by atoms with E-state index in [-0.39, 0.29) is 11.5 Å². The van der Waals surface area contributed by atoms with Crippen molar-refractivity contribution in [2.24, 2.45) is 0 Å². The van der Waals surface area contributed by atoms with Gasteiger partial charge in [-0.3, -0.25) is 4.18 Å². The van der Waals surface area contributed by atoms with Crippen molar-refractivity contribution >= 4 is 23.4 Å². The molecule has 2 rings (SSSR count). The molecule has 0 N–H and O–H groups in total. The minimum Gasteiger partial charge on any atom is -0.266 e. The summed E-state index contributed by atoms with van der Waals surface area (Å²) in [4.78, 5) is 0.223. The molecule has 24 heavy (non-hydrogen) atoms. The van der Waals surface area contributed by atoms with Crippen molar-refractivity contribution in [2.75, 3.05) is 6.61 Å². The van der Waals surface area contributed by atoms with Gasteiger partial charge in [-0.25, -0.2) is 0 Å². The third-order valence-corrected chi connectivity index (χ3v) is 10.7. The summed E-state index contributed by atoms with van der Waals surface area (Å²) in [7, 11) is -5.31. The molecular weight excluding hydrogens is 336 g/mol. The Morgan fingerprint density at radius 1 is 1.00 bits per heavy atom. The summed E-state index contributed by atoms with van der Waals surface area (Å²) in [5, 5.41) is 1.39. The van der Waals surface area contributed by atoms with Crippen LogP contribution in [0.4, 0.5) is 0 Å². The first-order chi connectivity index (χ1) is 11.2. The van der Waals surface area contributed by atoms with E-state index in [0.717, 1.165) is 12.0 Å². The van der Waals surface area contributed by atoms with E-state index in [1.54, 1.807) is 24.3 Å². The van der Waals surface area contributed by atoms with E-state index in [2.05, 4.69) is 44.3 Å². The van der Waals surface area contributed by atoms with E-state index >= 15 is 0 Å². The molecule has 1 atom stereocenters. The molecule has 0 aliphatic carbocycles. The number of aryl methyl sites for hydroxylation is 1. The molecule has 5 heteroatoms. The van der Waals surface area contributed by atoms with E-state index in [1.807, 2.05) is 13.0 Å². The Bertz CT molecular complexity index is 753. The van der Waals surface area contributed by atoms with E-state index in [1.165, 1.54) is 5.19 Å². The summed E-state index contributed by atoms with van der Waals surface area (Å²) < 4.78 is 29.7. The first-order valence-corrected chi connectivity index (χ1v) is 12.7. The average molecular weight is 363 g/mol. The number of benzene rings is 2. The van der Waals surface area contributed by atoms with Crippen molar-refractivity contribution in [1.82, 2.24) is 0 Å². The highest BCUT2D eigenvalue weighted by Gasteiger charge is 2.30. The molecule has 0 heterocycles. The lowest BCUT2D eigenvalue weighted by Gasteiger charge is -2.30. The Labute approximate surface area is 146 Å². The molecule has 0 fully saturated rings. The maximum absolute atomic E-state index is 12.2. The topological polar surface area (TPSA) is 43.4 Å². The Morgan fingerprint density at radius 3 is 2.17 bits per heavy atom. The second-order valence-corrected chi connectivity index (χ2v) is 13.5. The predicted octanol–water partition coefficient (Wildman–Crippen LogP) is 4.10. The lowest BCUT2D eigenvalue weighted by atomic mass is 10.2. The van der Waals surface area contributed by atoms with Crippen LogP contribution in [0.3, 0.4) is 0 Å². The van der Waals surface area contributed by atoms with Gasteiger partial charge in [-0.1, -0.05) is 73.2 Å². The summed E-state index contributed by atoms with van der Waals surface area (Å²) in [6, 6.07) is 17.3. The molecule has 2 aromatic carbocycles. The number of rotatable bonds is 7. The fourth-order valence-electron chi connectivity index (χ4n) is 2.62. The van der Waals surface area contributed by atoms with Crippen LogP contribution in [0.1, 0.15) is 18.9 Å². The van der Waals surface area contributed by atoms with Gasteiger partial charge in [0.1, 0.15) is 0 Å². The highest BCUT2D eigenvalue weighted by Crippen LogP contribution is 2.25. The molecule has 3 nitrogen and oxygen atoms in total. The van der Waals surface area contributed by atoms with Gasteiger partial charge in [-0.2, -0.15) is 8.42 Å². The standard InChI is InChI=1S/C19H26O3SSi/c1-16-10-12-18(13-11-16)23(20,21)22-15-14-17(2)24(3,4)19-8-6-5-7-9-19/h5-13,17H,14-15H2,1-4H3. The zero-order valence-electron chi connectivity index (χ0n) is 14.8. The molecule has 0 amide bonds. The van der Waals surface area contributed by atoms with Crippen molar-refractivity contribution in [2.45, 2.75) is 43.8 Å². The second-order valence-electron chi connectivity index (χ2n) is 6.87. The maximum atomic E-state index is 12.2. The molecule has 0 spiro atoms. The van der Waals surface area contributed by atoms with Gasteiger partial charge in [-0.05, 0) is 31.0 Å². The SMILES string of the molecule is Cc1ccc(S(=O)(=O)OCCC(C)[Si](C)(C)c2ccccc2)cc1. The molecule has 0 saturated carbocycles. The van der Waals surface area contributed by atoms with Crippen molar-refractivity contribution in [3.8, 4) is 0 Å². The first-order valence-electron chi connectivity index (χ1n) is 8.25. The quantitative estimate of drug-likeness (QED) is 0.550. The van der Waals surface area contributed by atoms with Crippen LogP contribution < -0.4 is 5.19 Å². The van der Waals surface area contributed by atoms with Crippen molar-refractivity contribution < 1.29 is 12.6 Å². The van der Waals surface area contributed by atoms with Gasteiger partial charge in [0.25, 0.3) is 10.1 Å². The first kappa shape index (κ1) is 18.9. The van der Waals surface area contributed by atoms with Crippen LogP contribution in [0.15, 0.2) is 59.5 Å². The Balaban J connectivity index is 1.97. The van der Waals surface area contributed by atoms with Gasteiger partial charge in [0.15, 0.2) is 0 Å². The van der Waals surface area contributed by atoms with Gasteiger partial charge < -0.3 is 0 Å². The normalized spacial score (nSPS) is 13.7. The predicted molar refractivity (Wildman–Crippen MR) is 102 cm³/mol. The van der Waals surface area contributed by atoms with Crippen molar-refractivity contribution in [3.63, 3.8) is 0 Å². The molecule has 0 saturated heterocycles. The van der Waals surface area contributed by atoms with E-state index in [9.17, 15) is 8.42 Å². The zero-order chi connectivity index (χ0) is 17.8. The molecule has 0 bridgehead atoms. The molecular formula is C19H26O3SSi. The molecule has 0 radical (unpaired) electrons. The largest absolute Gasteiger partial charge is 0.296 e. The van der Waals surface area contributed by atoms with Crippen molar-refractivity contribution in [3.05, 3.63) is 60.2 Å². The lowest BCUT2D eigenvalue weighted by Crippen LogP contribution is -2.45. The third-order valence-electron chi connectivity index (χ3n) is 4.85. The van der Waals surface area contributed by atoms with Gasteiger partial charge in [0.2, 0.25) is 0 Å².